The molecule has 2 aliphatic rings. The molecule has 120 valence electrons. The van der Waals surface area contributed by atoms with E-state index < -0.39 is 0 Å². The van der Waals surface area contributed by atoms with Crippen LogP contribution in [0.15, 0.2) is 42.5 Å². The van der Waals surface area contributed by atoms with Gasteiger partial charge in [0.25, 0.3) is 0 Å². The standard InChI is InChI=1S/C20H23NO2/c1-2-23-20-13-21(12-19(20)22)11-14-7-8-18-16(9-14)10-15-5-3-4-6-17(15)18/h3-9,19-20,22H,2,10-13H2,1H3/t19-,20-/m0/s1. The summed E-state index contributed by atoms with van der Waals surface area (Å²) in [5.74, 6) is 0. The molecule has 0 spiro atoms. The number of hydrogen-bond donors (Lipinski definition) is 1. The molecule has 1 aliphatic heterocycles. The summed E-state index contributed by atoms with van der Waals surface area (Å²) in [5.41, 5.74) is 6.92. The van der Waals surface area contributed by atoms with E-state index in [9.17, 15) is 5.11 Å². The van der Waals surface area contributed by atoms with Crippen molar-refractivity contribution < 1.29 is 9.84 Å². The van der Waals surface area contributed by atoms with Crippen molar-refractivity contribution in [2.45, 2.75) is 32.1 Å². The lowest BCUT2D eigenvalue weighted by Gasteiger charge is -2.16. The first-order chi connectivity index (χ1) is 11.2. The van der Waals surface area contributed by atoms with Gasteiger partial charge in [-0.05, 0) is 41.2 Å². The molecule has 3 nitrogen and oxygen atoms in total. The summed E-state index contributed by atoms with van der Waals surface area (Å²) in [6.45, 7) is 5.03. The van der Waals surface area contributed by atoms with Crippen molar-refractivity contribution in [1.82, 2.24) is 4.90 Å². The first-order valence-corrected chi connectivity index (χ1v) is 8.46. The lowest BCUT2D eigenvalue weighted by molar-refractivity contribution is -0.00245. The van der Waals surface area contributed by atoms with E-state index >= 15 is 0 Å². The van der Waals surface area contributed by atoms with Gasteiger partial charge in [-0.1, -0.05) is 42.5 Å². The van der Waals surface area contributed by atoms with Crippen LogP contribution in [0.2, 0.25) is 0 Å². The molecule has 0 amide bonds. The molecule has 1 heterocycles. The average molecular weight is 309 g/mol. The zero-order valence-electron chi connectivity index (χ0n) is 13.5. The minimum atomic E-state index is -0.367. The lowest BCUT2D eigenvalue weighted by Crippen LogP contribution is -2.26. The van der Waals surface area contributed by atoms with Crippen LogP contribution in [0, 0.1) is 0 Å². The number of hydrogen-bond acceptors (Lipinski definition) is 3. The first kappa shape index (κ1) is 14.9. The van der Waals surface area contributed by atoms with Crippen molar-refractivity contribution >= 4 is 0 Å². The van der Waals surface area contributed by atoms with Gasteiger partial charge >= 0.3 is 0 Å². The molecule has 0 unspecified atom stereocenters. The third-order valence-corrected chi connectivity index (χ3v) is 4.96. The molecule has 1 N–H and O–H groups in total. The number of benzene rings is 2. The van der Waals surface area contributed by atoms with E-state index in [1.807, 2.05) is 6.92 Å². The summed E-state index contributed by atoms with van der Waals surface area (Å²) in [5, 5.41) is 10.1. The second kappa shape index (κ2) is 6.08. The van der Waals surface area contributed by atoms with Gasteiger partial charge in [0.05, 0.1) is 12.2 Å². The van der Waals surface area contributed by atoms with Crippen LogP contribution in [0.5, 0.6) is 0 Å². The number of aliphatic hydroxyl groups excluding tert-OH is 1. The normalized spacial score (nSPS) is 23.0. The molecule has 0 saturated carbocycles. The molecule has 23 heavy (non-hydrogen) atoms. The highest BCUT2D eigenvalue weighted by Gasteiger charge is 2.31. The van der Waals surface area contributed by atoms with E-state index in [0.717, 1.165) is 19.5 Å². The minimum absolute atomic E-state index is 0.0429. The molecule has 4 rings (SSSR count). The highest BCUT2D eigenvalue weighted by Crippen LogP contribution is 2.36. The Morgan fingerprint density at radius 2 is 1.91 bits per heavy atom. The molecule has 2 aromatic rings. The quantitative estimate of drug-likeness (QED) is 0.804. The van der Waals surface area contributed by atoms with E-state index in [0.29, 0.717) is 13.2 Å². The maximum atomic E-state index is 10.1. The summed E-state index contributed by atoms with van der Waals surface area (Å²) in [6.07, 6.45) is 0.621. The highest BCUT2D eigenvalue weighted by molar-refractivity contribution is 5.76. The van der Waals surface area contributed by atoms with Gasteiger partial charge in [-0.25, -0.2) is 0 Å². The fraction of sp³-hybridized carbons (Fsp3) is 0.400. The van der Waals surface area contributed by atoms with Gasteiger partial charge < -0.3 is 9.84 Å². The SMILES string of the molecule is CCO[C@H]1CN(Cc2ccc3c(c2)Cc2ccccc2-3)C[C@@H]1O. The molecular formula is C20H23NO2. The van der Waals surface area contributed by atoms with Gasteiger partial charge in [-0.2, -0.15) is 0 Å². The Labute approximate surface area is 137 Å². The zero-order chi connectivity index (χ0) is 15.8. The lowest BCUT2D eigenvalue weighted by atomic mass is 10.0. The maximum Gasteiger partial charge on any atom is 0.0972 e. The van der Waals surface area contributed by atoms with Crippen LogP contribution in [-0.4, -0.2) is 41.9 Å². The molecule has 3 heteroatoms. The Bertz CT molecular complexity index is 713. The predicted molar refractivity (Wildman–Crippen MR) is 91.4 cm³/mol. The van der Waals surface area contributed by atoms with E-state index in [4.69, 9.17) is 4.74 Å². The third-order valence-electron chi connectivity index (χ3n) is 4.96. The fourth-order valence-corrected chi connectivity index (χ4v) is 3.89. The van der Waals surface area contributed by atoms with Crippen molar-refractivity contribution in [1.29, 1.82) is 0 Å². The van der Waals surface area contributed by atoms with Crippen LogP contribution in [0.1, 0.15) is 23.6 Å². The fourth-order valence-electron chi connectivity index (χ4n) is 3.89. The number of fused-ring (bicyclic) bond motifs is 3. The number of β-amino-alcohol motifs (C(OH)–C–C–N with tert-alkyl or cyclic N) is 1. The van der Waals surface area contributed by atoms with E-state index in [1.54, 1.807) is 0 Å². The Morgan fingerprint density at radius 1 is 1.09 bits per heavy atom. The van der Waals surface area contributed by atoms with Crippen LogP contribution in [-0.2, 0) is 17.7 Å². The molecule has 0 radical (unpaired) electrons. The van der Waals surface area contributed by atoms with Crippen molar-refractivity contribution in [2.75, 3.05) is 19.7 Å². The summed E-state index contributed by atoms with van der Waals surface area (Å²) in [4.78, 5) is 2.29. The summed E-state index contributed by atoms with van der Waals surface area (Å²) in [7, 11) is 0. The Kier molecular flexibility index (Phi) is 3.93. The van der Waals surface area contributed by atoms with Crippen molar-refractivity contribution in [2.24, 2.45) is 0 Å². The number of rotatable bonds is 4. The monoisotopic (exact) mass is 309 g/mol. The van der Waals surface area contributed by atoms with Crippen LogP contribution in [0.4, 0.5) is 0 Å². The Hall–Kier alpha value is -1.68. The smallest absolute Gasteiger partial charge is 0.0972 e. The van der Waals surface area contributed by atoms with Gasteiger partial charge in [-0.3, -0.25) is 4.90 Å². The van der Waals surface area contributed by atoms with Crippen molar-refractivity contribution in [3.8, 4) is 11.1 Å². The van der Waals surface area contributed by atoms with Gasteiger partial charge in [0, 0.05) is 26.2 Å². The zero-order valence-corrected chi connectivity index (χ0v) is 13.5. The van der Waals surface area contributed by atoms with Crippen molar-refractivity contribution in [3.05, 3.63) is 59.2 Å². The second-order valence-electron chi connectivity index (χ2n) is 6.58. The summed E-state index contributed by atoms with van der Waals surface area (Å²) in [6, 6.07) is 15.5. The van der Waals surface area contributed by atoms with Gasteiger partial charge in [0.2, 0.25) is 0 Å². The molecule has 1 saturated heterocycles. The summed E-state index contributed by atoms with van der Waals surface area (Å²) < 4.78 is 5.61. The Morgan fingerprint density at radius 3 is 2.78 bits per heavy atom. The van der Waals surface area contributed by atoms with Crippen LogP contribution < -0.4 is 0 Å². The van der Waals surface area contributed by atoms with Crippen molar-refractivity contribution in [3.63, 3.8) is 0 Å². The van der Waals surface area contributed by atoms with Crippen LogP contribution in [0.25, 0.3) is 11.1 Å². The van der Waals surface area contributed by atoms with E-state index in [-0.39, 0.29) is 12.2 Å². The average Bonchev–Trinajstić information content (AvgIpc) is 3.08. The van der Waals surface area contributed by atoms with Gasteiger partial charge in [-0.15, -0.1) is 0 Å². The molecule has 0 aromatic heterocycles. The largest absolute Gasteiger partial charge is 0.389 e. The molecule has 1 aliphatic carbocycles. The van der Waals surface area contributed by atoms with Gasteiger partial charge in [0.15, 0.2) is 0 Å². The second-order valence-corrected chi connectivity index (χ2v) is 6.58. The molecule has 2 atom stereocenters. The van der Waals surface area contributed by atoms with E-state index in [1.165, 1.54) is 27.8 Å². The van der Waals surface area contributed by atoms with Crippen LogP contribution in [0.3, 0.4) is 0 Å². The number of nitrogens with zero attached hydrogens (tertiary/aromatic N) is 1. The first-order valence-electron chi connectivity index (χ1n) is 8.46. The highest BCUT2D eigenvalue weighted by atomic mass is 16.5. The molecule has 0 bridgehead atoms. The molecule has 2 aromatic carbocycles. The van der Waals surface area contributed by atoms with Gasteiger partial charge in [0.1, 0.15) is 0 Å². The molecular weight excluding hydrogens is 286 g/mol. The maximum absolute atomic E-state index is 10.1. The number of likely N-dealkylation sites (tertiary alicyclic amines) is 1. The summed E-state index contributed by atoms with van der Waals surface area (Å²) >= 11 is 0. The number of aliphatic hydroxyl groups is 1. The predicted octanol–water partition coefficient (Wildman–Crippen LogP) is 2.84. The van der Waals surface area contributed by atoms with E-state index in [2.05, 4.69) is 47.4 Å². The topological polar surface area (TPSA) is 32.7 Å². The van der Waals surface area contributed by atoms with Crippen LogP contribution >= 0.6 is 0 Å². The minimum Gasteiger partial charge on any atom is -0.389 e. The number of ether oxygens (including phenoxy) is 1. The molecule has 1 fully saturated rings. The Balaban J connectivity index is 1.49. The third kappa shape index (κ3) is 2.80.